The number of rotatable bonds is 4. The van der Waals surface area contributed by atoms with Gasteiger partial charge in [0, 0.05) is 5.41 Å². The van der Waals surface area contributed by atoms with E-state index in [2.05, 4.69) is 32.9 Å². The molecule has 106 valence electrons. The fourth-order valence-corrected chi connectivity index (χ4v) is 3.02. The van der Waals surface area contributed by atoms with Crippen molar-refractivity contribution < 1.29 is 5.11 Å². The number of aliphatic hydroxyl groups is 1. The molecule has 2 aromatic carbocycles. The average molecular weight is 268 g/mol. The van der Waals surface area contributed by atoms with Crippen molar-refractivity contribution in [1.82, 2.24) is 0 Å². The van der Waals surface area contributed by atoms with E-state index in [1.807, 2.05) is 55.5 Å². The molecule has 0 spiro atoms. The van der Waals surface area contributed by atoms with Crippen LogP contribution in [0.25, 0.3) is 0 Å². The van der Waals surface area contributed by atoms with Gasteiger partial charge in [-0.05, 0) is 24.0 Å². The lowest BCUT2D eigenvalue weighted by atomic mass is 9.60. The van der Waals surface area contributed by atoms with Crippen LogP contribution in [0.5, 0.6) is 0 Å². The highest BCUT2D eigenvalue weighted by Gasteiger charge is 2.47. The number of benzene rings is 2. The summed E-state index contributed by atoms with van der Waals surface area (Å²) in [5.74, 6) is 0.306. The first-order valence-electron chi connectivity index (χ1n) is 7.24. The molecule has 0 aliphatic rings. The van der Waals surface area contributed by atoms with Gasteiger partial charge in [-0.1, -0.05) is 81.4 Å². The van der Waals surface area contributed by atoms with Crippen molar-refractivity contribution in [2.24, 2.45) is 5.92 Å². The van der Waals surface area contributed by atoms with E-state index in [1.54, 1.807) is 0 Å². The second-order valence-corrected chi connectivity index (χ2v) is 6.16. The molecule has 0 saturated carbocycles. The van der Waals surface area contributed by atoms with E-state index in [-0.39, 0.29) is 5.41 Å². The topological polar surface area (TPSA) is 20.2 Å². The Labute approximate surface area is 122 Å². The molecule has 0 bridgehead atoms. The first kappa shape index (κ1) is 14.8. The quantitative estimate of drug-likeness (QED) is 0.865. The molecule has 2 aromatic rings. The van der Waals surface area contributed by atoms with E-state index in [9.17, 15) is 5.11 Å². The molecule has 0 unspecified atom stereocenters. The van der Waals surface area contributed by atoms with Gasteiger partial charge in [-0.3, -0.25) is 0 Å². The molecule has 0 fully saturated rings. The fraction of sp³-hybridized carbons (Fsp3) is 0.368. The highest BCUT2D eigenvalue weighted by atomic mass is 16.3. The summed E-state index contributed by atoms with van der Waals surface area (Å²) in [7, 11) is 0. The van der Waals surface area contributed by atoms with E-state index >= 15 is 0 Å². The zero-order valence-electron chi connectivity index (χ0n) is 12.8. The van der Waals surface area contributed by atoms with Crippen molar-refractivity contribution in [2.75, 3.05) is 0 Å². The molecule has 20 heavy (non-hydrogen) atoms. The minimum absolute atomic E-state index is 0.306. The Morgan fingerprint density at radius 3 is 1.55 bits per heavy atom. The second kappa shape index (κ2) is 5.41. The first-order chi connectivity index (χ1) is 9.40. The molecule has 0 saturated heterocycles. The molecule has 0 amide bonds. The lowest BCUT2D eigenvalue weighted by Gasteiger charge is -2.47. The van der Waals surface area contributed by atoms with E-state index in [1.165, 1.54) is 5.56 Å². The molecule has 0 aromatic heterocycles. The van der Waals surface area contributed by atoms with Crippen LogP contribution in [-0.4, -0.2) is 5.11 Å². The summed E-state index contributed by atoms with van der Waals surface area (Å²) in [5, 5.41) is 11.3. The van der Waals surface area contributed by atoms with Crippen LogP contribution >= 0.6 is 0 Å². The Morgan fingerprint density at radius 1 is 0.750 bits per heavy atom. The molecule has 0 radical (unpaired) electrons. The Balaban J connectivity index is 2.59. The van der Waals surface area contributed by atoms with Crippen molar-refractivity contribution in [3.8, 4) is 0 Å². The molecule has 0 aliphatic heterocycles. The second-order valence-electron chi connectivity index (χ2n) is 6.16. The van der Waals surface area contributed by atoms with Gasteiger partial charge in [-0.25, -0.2) is 0 Å². The van der Waals surface area contributed by atoms with E-state index < -0.39 is 5.60 Å². The smallest absolute Gasteiger partial charge is 0.0964 e. The Hall–Kier alpha value is -1.60. The maximum Gasteiger partial charge on any atom is 0.0964 e. The van der Waals surface area contributed by atoms with E-state index in [4.69, 9.17) is 0 Å². The zero-order valence-corrected chi connectivity index (χ0v) is 12.8. The predicted octanol–water partition coefficient (Wildman–Crippen LogP) is 4.51. The number of hydrogen-bond acceptors (Lipinski definition) is 1. The van der Waals surface area contributed by atoms with Crippen molar-refractivity contribution in [1.29, 1.82) is 0 Å². The molecule has 2 rings (SSSR count). The van der Waals surface area contributed by atoms with Gasteiger partial charge in [0.2, 0.25) is 0 Å². The zero-order chi connectivity index (χ0) is 14.8. The van der Waals surface area contributed by atoms with Crippen LogP contribution in [0.2, 0.25) is 0 Å². The third-order valence-corrected chi connectivity index (χ3v) is 4.88. The minimum atomic E-state index is -0.927. The Bertz CT molecular complexity index is 542. The predicted molar refractivity (Wildman–Crippen MR) is 84.6 cm³/mol. The van der Waals surface area contributed by atoms with E-state index in [0.717, 1.165) is 5.56 Å². The van der Waals surface area contributed by atoms with Crippen LogP contribution in [0.4, 0.5) is 0 Å². The third kappa shape index (κ3) is 2.27. The van der Waals surface area contributed by atoms with Gasteiger partial charge in [0.1, 0.15) is 0 Å². The largest absolute Gasteiger partial charge is 0.385 e. The van der Waals surface area contributed by atoms with Crippen molar-refractivity contribution >= 4 is 0 Å². The Kier molecular flexibility index (Phi) is 4.01. The van der Waals surface area contributed by atoms with Crippen LogP contribution in [0.3, 0.4) is 0 Å². The summed E-state index contributed by atoms with van der Waals surface area (Å²) < 4.78 is 0. The van der Waals surface area contributed by atoms with Gasteiger partial charge >= 0.3 is 0 Å². The summed E-state index contributed by atoms with van der Waals surface area (Å²) in [6.07, 6.45) is 0. The standard InChI is InChI=1S/C19H24O/c1-15(2)18(3,16-11-7-5-8-12-16)19(4,20)17-13-9-6-10-14-17/h5-15,20H,1-4H3/t18-,19+/m0/s1. The van der Waals surface area contributed by atoms with Crippen molar-refractivity contribution in [2.45, 2.75) is 38.7 Å². The normalized spacial score (nSPS) is 17.5. The van der Waals surface area contributed by atoms with Gasteiger partial charge in [0.15, 0.2) is 0 Å². The monoisotopic (exact) mass is 268 g/mol. The molecule has 1 nitrogen and oxygen atoms in total. The molecular formula is C19H24O. The Morgan fingerprint density at radius 2 is 1.15 bits per heavy atom. The van der Waals surface area contributed by atoms with Crippen LogP contribution in [0.15, 0.2) is 60.7 Å². The lowest BCUT2D eigenvalue weighted by molar-refractivity contribution is -0.0437. The first-order valence-corrected chi connectivity index (χ1v) is 7.24. The fourth-order valence-electron chi connectivity index (χ4n) is 3.02. The molecule has 1 heteroatoms. The molecule has 2 atom stereocenters. The highest BCUT2D eigenvalue weighted by Crippen LogP contribution is 2.47. The van der Waals surface area contributed by atoms with Gasteiger partial charge in [-0.15, -0.1) is 0 Å². The van der Waals surface area contributed by atoms with Gasteiger partial charge in [0.25, 0.3) is 0 Å². The van der Waals surface area contributed by atoms with Crippen LogP contribution in [-0.2, 0) is 11.0 Å². The van der Waals surface area contributed by atoms with Crippen LogP contribution in [0, 0.1) is 5.92 Å². The summed E-state index contributed by atoms with van der Waals surface area (Å²) in [6.45, 7) is 8.42. The van der Waals surface area contributed by atoms with Crippen LogP contribution < -0.4 is 0 Å². The van der Waals surface area contributed by atoms with Crippen molar-refractivity contribution in [3.05, 3.63) is 71.8 Å². The van der Waals surface area contributed by atoms with Gasteiger partial charge in [0.05, 0.1) is 5.60 Å². The van der Waals surface area contributed by atoms with E-state index in [0.29, 0.717) is 5.92 Å². The summed E-state index contributed by atoms with van der Waals surface area (Å²) in [4.78, 5) is 0. The summed E-state index contributed by atoms with van der Waals surface area (Å²) >= 11 is 0. The summed E-state index contributed by atoms with van der Waals surface area (Å²) in [5.41, 5.74) is 0.850. The molecular weight excluding hydrogens is 244 g/mol. The van der Waals surface area contributed by atoms with Crippen LogP contribution in [0.1, 0.15) is 38.8 Å². The maximum atomic E-state index is 11.3. The SMILES string of the molecule is CC(C)[C@@](C)(c1ccccc1)[C@](C)(O)c1ccccc1. The molecule has 1 N–H and O–H groups in total. The highest BCUT2D eigenvalue weighted by molar-refractivity contribution is 5.35. The average Bonchev–Trinajstić information content (AvgIpc) is 2.47. The third-order valence-electron chi connectivity index (χ3n) is 4.88. The molecule has 0 aliphatic carbocycles. The lowest BCUT2D eigenvalue weighted by Crippen LogP contribution is -2.48. The molecule has 0 heterocycles. The number of hydrogen-bond donors (Lipinski definition) is 1. The van der Waals surface area contributed by atoms with Gasteiger partial charge < -0.3 is 5.11 Å². The maximum absolute atomic E-state index is 11.3. The van der Waals surface area contributed by atoms with Gasteiger partial charge in [-0.2, -0.15) is 0 Å². The minimum Gasteiger partial charge on any atom is -0.385 e. The van der Waals surface area contributed by atoms with Crippen molar-refractivity contribution in [3.63, 3.8) is 0 Å². The summed E-state index contributed by atoms with van der Waals surface area (Å²) in [6, 6.07) is 20.3.